The molecule has 98 valence electrons. The highest BCUT2D eigenvalue weighted by Gasteiger charge is 2.35. The van der Waals surface area contributed by atoms with Crippen LogP contribution in [-0.4, -0.2) is 35.3 Å². The van der Waals surface area contributed by atoms with E-state index in [1.54, 1.807) is 4.90 Å². The highest BCUT2D eigenvalue weighted by Crippen LogP contribution is 2.20. The molecule has 0 unspecified atom stereocenters. The second kappa shape index (κ2) is 6.03. The number of hydrogen-bond donors (Lipinski definition) is 1. The Morgan fingerprint density at radius 3 is 2.41 bits per heavy atom. The first-order valence-electron chi connectivity index (χ1n) is 6.59. The lowest BCUT2D eigenvalue weighted by molar-refractivity contribution is -0.130. The zero-order chi connectivity index (χ0) is 13.0. The predicted octanol–water partition coefficient (Wildman–Crippen LogP) is 1.55. The Bertz CT molecular complexity index is 285. The van der Waals surface area contributed by atoms with Crippen LogP contribution in [-0.2, 0) is 9.59 Å². The number of nitrogens with zero attached hydrogens (tertiary/aromatic N) is 1. The van der Waals surface area contributed by atoms with Crippen molar-refractivity contribution < 1.29 is 9.59 Å². The number of likely N-dealkylation sites (tertiary alicyclic amines) is 1. The molecule has 0 spiro atoms. The molecular formula is C13H24N2O2. The Labute approximate surface area is 104 Å². The fraction of sp³-hybridized carbons (Fsp3) is 0.846. The maximum Gasteiger partial charge on any atom is 0.225 e. The van der Waals surface area contributed by atoms with E-state index in [2.05, 4.69) is 19.2 Å². The Morgan fingerprint density at radius 1 is 1.41 bits per heavy atom. The van der Waals surface area contributed by atoms with E-state index < -0.39 is 0 Å². The maximum atomic E-state index is 12.0. The lowest BCUT2D eigenvalue weighted by Gasteiger charge is -2.21. The van der Waals surface area contributed by atoms with Crippen LogP contribution in [0.2, 0.25) is 0 Å². The molecule has 0 saturated carbocycles. The second-order valence-corrected chi connectivity index (χ2v) is 5.06. The lowest BCUT2D eigenvalue weighted by Crippen LogP contribution is -2.40. The largest absolute Gasteiger partial charge is 0.353 e. The van der Waals surface area contributed by atoms with Gasteiger partial charge in [-0.2, -0.15) is 0 Å². The predicted molar refractivity (Wildman–Crippen MR) is 67.5 cm³/mol. The molecule has 4 heteroatoms. The summed E-state index contributed by atoms with van der Waals surface area (Å²) in [7, 11) is 0. The molecule has 1 aliphatic rings. The van der Waals surface area contributed by atoms with E-state index in [9.17, 15) is 9.59 Å². The van der Waals surface area contributed by atoms with Gasteiger partial charge in [0, 0.05) is 25.0 Å². The summed E-state index contributed by atoms with van der Waals surface area (Å²) in [6.07, 6.45) is 2.25. The van der Waals surface area contributed by atoms with Gasteiger partial charge in [-0.3, -0.25) is 9.59 Å². The molecule has 0 aromatic heterocycles. The van der Waals surface area contributed by atoms with E-state index in [4.69, 9.17) is 0 Å². The average molecular weight is 240 g/mol. The fourth-order valence-electron chi connectivity index (χ4n) is 2.22. The van der Waals surface area contributed by atoms with Gasteiger partial charge < -0.3 is 10.2 Å². The van der Waals surface area contributed by atoms with Gasteiger partial charge in [0.15, 0.2) is 0 Å². The topological polar surface area (TPSA) is 49.4 Å². The lowest BCUT2D eigenvalue weighted by atomic mass is 10.1. The minimum atomic E-state index is -0.162. The van der Waals surface area contributed by atoms with Gasteiger partial charge >= 0.3 is 0 Å². The summed E-state index contributed by atoms with van der Waals surface area (Å²) in [5.41, 5.74) is 0. The van der Waals surface area contributed by atoms with Gasteiger partial charge in [-0.15, -0.1) is 0 Å². The molecule has 1 rings (SSSR count). The molecule has 0 radical (unpaired) electrons. The molecule has 1 heterocycles. The zero-order valence-electron chi connectivity index (χ0n) is 11.3. The van der Waals surface area contributed by atoms with Crippen LogP contribution in [0.1, 0.15) is 47.0 Å². The van der Waals surface area contributed by atoms with Crippen molar-refractivity contribution >= 4 is 11.8 Å². The zero-order valence-corrected chi connectivity index (χ0v) is 11.3. The van der Waals surface area contributed by atoms with Gasteiger partial charge in [0.2, 0.25) is 11.8 Å². The molecular weight excluding hydrogens is 216 g/mol. The first-order valence-corrected chi connectivity index (χ1v) is 6.59. The van der Waals surface area contributed by atoms with E-state index >= 15 is 0 Å². The summed E-state index contributed by atoms with van der Waals surface area (Å²) in [5.74, 6) is -0.0228. The van der Waals surface area contributed by atoms with Gasteiger partial charge in [-0.25, -0.2) is 0 Å². The van der Waals surface area contributed by atoms with Crippen molar-refractivity contribution in [3.63, 3.8) is 0 Å². The van der Waals surface area contributed by atoms with Crippen molar-refractivity contribution in [1.29, 1.82) is 0 Å². The summed E-state index contributed by atoms with van der Waals surface area (Å²) >= 11 is 0. The van der Waals surface area contributed by atoms with Crippen LogP contribution in [0.5, 0.6) is 0 Å². The molecule has 0 aromatic rings. The molecule has 0 aromatic carbocycles. The molecule has 1 fully saturated rings. The summed E-state index contributed by atoms with van der Waals surface area (Å²) in [4.78, 5) is 25.5. The molecule has 0 aliphatic carbocycles. The highest BCUT2D eigenvalue weighted by atomic mass is 16.2. The molecule has 0 bridgehead atoms. The standard InChI is InChI=1S/C13H24N2O2/c1-5-11(6-2)14-13(17)10-7-12(16)15(8-10)9(3)4/h9-11H,5-8H2,1-4H3,(H,14,17)/t10-/m1/s1. The minimum absolute atomic E-state index is 0.0372. The number of hydrogen-bond acceptors (Lipinski definition) is 2. The van der Waals surface area contributed by atoms with Crippen LogP contribution in [0.15, 0.2) is 0 Å². The van der Waals surface area contributed by atoms with Gasteiger partial charge in [-0.1, -0.05) is 13.8 Å². The van der Waals surface area contributed by atoms with Crippen molar-refractivity contribution in [3.8, 4) is 0 Å². The average Bonchev–Trinajstić information content (AvgIpc) is 2.68. The molecule has 1 saturated heterocycles. The summed E-state index contributed by atoms with van der Waals surface area (Å²) < 4.78 is 0. The first kappa shape index (κ1) is 14.0. The second-order valence-electron chi connectivity index (χ2n) is 5.06. The van der Waals surface area contributed by atoms with E-state index in [1.165, 1.54) is 0 Å². The van der Waals surface area contributed by atoms with Gasteiger partial charge in [-0.05, 0) is 26.7 Å². The number of rotatable bonds is 5. The van der Waals surface area contributed by atoms with E-state index in [-0.39, 0.29) is 29.8 Å². The quantitative estimate of drug-likeness (QED) is 0.792. The van der Waals surface area contributed by atoms with Gasteiger partial charge in [0.25, 0.3) is 0 Å². The molecule has 4 nitrogen and oxygen atoms in total. The van der Waals surface area contributed by atoms with Crippen LogP contribution < -0.4 is 5.32 Å². The van der Waals surface area contributed by atoms with Crippen molar-refractivity contribution in [3.05, 3.63) is 0 Å². The van der Waals surface area contributed by atoms with Crippen LogP contribution >= 0.6 is 0 Å². The Hall–Kier alpha value is -1.06. The number of amides is 2. The molecule has 1 atom stereocenters. The third kappa shape index (κ3) is 3.45. The van der Waals surface area contributed by atoms with Crippen LogP contribution in [0.3, 0.4) is 0 Å². The Kier molecular flexibility index (Phi) is 4.97. The van der Waals surface area contributed by atoms with E-state index in [0.29, 0.717) is 13.0 Å². The van der Waals surface area contributed by atoms with Gasteiger partial charge in [0.05, 0.1) is 5.92 Å². The Morgan fingerprint density at radius 2 is 2.00 bits per heavy atom. The number of carbonyl (C=O) groups excluding carboxylic acids is 2. The smallest absolute Gasteiger partial charge is 0.225 e. The van der Waals surface area contributed by atoms with Crippen LogP contribution in [0.25, 0.3) is 0 Å². The SMILES string of the molecule is CCC(CC)NC(=O)[C@@H]1CC(=O)N(C(C)C)C1. The highest BCUT2D eigenvalue weighted by molar-refractivity contribution is 5.89. The molecule has 1 N–H and O–H groups in total. The van der Waals surface area contributed by atoms with Gasteiger partial charge in [0.1, 0.15) is 0 Å². The summed E-state index contributed by atoms with van der Waals surface area (Å²) in [5, 5.41) is 3.02. The fourth-order valence-corrected chi connectivity index (χ4v) is 2.22. The third-order valence-corrected chi connectivity index (χ3v) is 3.48. The van der Waals surface area contributed by atoms with Crippen molar-refractivity contribution in [2.45, 2.75) is 59.0 Å². The van der Waals surface area contributed by atoms with E-state index in [0.717, 1.165) is 12.8 Å². The number of carbonyl (C=O) groups is 2. The summed E-state index contributed by atoms with van der Waals surface area (Å²) in [6.45, 7) is 8.67. The van der Waals surface area contributed by atoms with Crippen molar-refractivity contribution in [1.82, 2.24) is 10.2 Å². The van der Waals surface area contributed by atoms with Crippen molar-refractivity contribution in [2.24, 2.45) is 5.92 Å². The number of nitrogens with one attached hydrogen (secondary N) is 1. The summed E-state index contributed by atoms with van der Waals surface area (Å²) in [6, 6.07) is 0.430. The van der Waals surface area contributed by atoms with E-state index in [1.807, 2.05) is 13.8 Å². The molecule has 1 aliphatic heterocycles. The molecule has 17 heavy (non-hydrogen) atoms. The Balaban J connectivity index is 2.52. The maximum absolute atomic E-state index is 12.0. The van der Waals surface area contributed by atoms with Crippen molar-refractivity contribution in [2.75, 3.05) is 6.54 Å². The first-order chi connectivity index (χ1) is 7.99. The van der Waals surface area contributed by atoms with Crippen LogP contribution in [0, 0.1) is 5.92 Å². The normalized spacial score (nSPS) is 20.5. The monoisotopic (exact) mass is 240 g/mol. The van der Waals surface area contributed by atoms with Crippen LogP contribution in [0.4, 0.5) is 0 Å². The third-order valence-electron chi connectivity index (χ3n) is 3.48. The molecule has 2 amide bonds. The minimum Gasteiger partial charge on any atom is -0.353 e.